The minimum absolute atomic E-state index is 0.122. The van der Waals surface area contributed by atoms with Crippen molar-refractivity contribution < 1.29 is 13.9 Å². The van der Waals surface area contributed by atoms with Crippen LogP contribution in [0.25, 0.3) is 0 Å². The number of rotatable bonds is 3. The van der Waals surface area contributed by atoms with E-state index in [9.17, 15) is 9.18 Å². The van der Waals surface area contributed by atoms with Crippen LogP contribution in [0.5, 0.6) is 0 Å². The van der Waals surface area contributed by atoms with Gasteiger partial charge in [-0.2, -0.15) is 0 Å². The van der Waals surface area contributed by atoms with Gasteiger partial charge in [0, 0.05) is 5.69 Å². The average molecular weight is 275 g/mol. The van der Waals surface area contributed by atoms with Crippen LogP contribution < -0.4 is 11.1 Å². The average Bonchev–Trinajstić information content (AvgIpc) is 2.44. The normalized spacial score (nSPS) is 10.2. The van der Waals surface area contributed by atoms with Gasteiger partial charge in [0.25, 0.3) is 0 Å². The molecule has 2 rings (SSSR count). The van der Waals surface area contributed by atoms with Crippen molar-refractivity contribution in [2.75, 3.05) is 18.2 Å². The summed E-state index contributed by atoms with van der Waals surface area (Å²) in [6.45, 7) is 1.67. The third-order valence-corrected chi connectivity index (χ3v) is 2.76. The third kappa shape index (κ3) is 2.85. The van der Waals surface area contributed by atoms with Crippen molar-refractivity contribution in [1.82, 2.24) is 4.98 Å². The number of esters is 1. The number of hydrogen-bond acceptors (Lipinski definition) is 5. The summed E-state index contributed by atoms with van der Waals surface area (Å²) in [5, 5.41) is 2.88. The first kappa shape index (κ1) is 13.8. The fraction of sp³-hybridized carbons (Fsp3) is 0.143. The fourth-order valence-corrected chi connectivity index (χ4v) is 1.60. The summed E-state index contributed by atoms with van der Waals surface area (Å²) >= 11 is 0. The Kier molecular flexibility index (Phi) is 3.84. The van der Waals surface area contributed by atoms with E-state index in [-0.39, 0.29) is 17.3 Å². The smallest absolute Gasteiger partial charge is 0.356 e. The molecule has 0 saturated carbocycles. The van der Waals surface area contributed by atoms with Gasteiger partial charge in [-0.3, -0.25) is 0 Å². The van der Waals surface area contributed by atoms with E-state index in [0.29, 0.717) is 16.9 Å². The van der Waals surface area contributed by atoms with Crippen LogP contribution in [0, 0.1) is 12.7 Å². The second-order valence-corrected chi connectivity index (χ2v) is 4.21. The molecule has 0 amide bonds. The van der Waals surface area contributed by atoms with E-state index in [1.54, 1.807) is 19.1 Å². The Morgan fingerprint density at radius 3 is 2.75 bits per heavy atom. The number of carbonyl (C=O) groups is 1. The monoisotopic (exact) mass is 275 g/mol. The number of pyridine rings is 1. The zero-order chi connectivity index (χ0) is 14.7. The van der Waals surface area contributed by atoms with Gasteiger partial charge in [0.1, 0.15) is 5.82 Å². The quantitative estimate of drug-likeness (QED) is 0.842. The van der Waals surface area contributed by atoms with Crippen LogP contribution in [-0.4, -0.2) is 18.1 Å². The molecule has 0 radical (unpaired) electrons. The molecule has 0 unspecified atom stereocenters. The first-order valence-corrected chi connectivity index (χ1v) is 5.89. The molecule has 0 aliphatic carbocycles. The van der Waals surface area contributed by atoms with Crippen LogP contribution in [0.4, 0.5) is 21.6 Å². The number of halogens is 1. The number of nitrogen functional groups attached to an aromatic ring is 1. The van der Waals surface area contributed by atoms with E-state index < -0.39 is 5.97 Å². The van der Waals surface area contributed by atoms with Gasteiger partial charge in [0.2, 0.25) is 0 Å². The van der Waals surface area contributed by atoms with Gasteiger partial charge in [0.05, 0.1) is 12.8 Å². The van der Waals surface area contributed by atoms with Crippen LogP contribution in [0.1, 0.15) is 16.1 Å². The zero-order valence-electron chi connectivity index (χ0n) is 11.1. The van der Waals surface area contributed by atoms with Crippen LogP contribution in [0.3, 0.4) is 0 Å². The summed E-state index contributed by atoms with van der Waals surface area (Å²) in [7, 11) is 1.27. The van der Waals surface area contributed by atoms with Crippen molar-refractivity contribution in [3.05, 3.63) is 47.4 Å². The summed E-state index contributed by atoms with van der Waals surface area (Å²) in [5.41, 5.74) is 7.28. The minimum Gasteiger partial charge on any atom is -0.464 e. The lowest BCUT2D eigenvalue weighted by Gasteiger charge is -2.10. The molecule has 20 heavy (non-hydrogen) atoms. The largest absolute Gasteiger partial charge is 0.464 e. The molecule has 1 aromatic carbocycles. The Morgan fingerprint density at radius 2 is 2.10 bits per heavy atom. The van der Waals surface area contributed by atoms with Gasteiger partial charge in [-0.25, -0.2) is 14.2 Å². The highest BCUT2D eigenvalue weighted by Crippen LogP contribution is 2.22. The van der Waals surface area contributed by atoms with Crippen molar-refractivity contribution in [3.8, 4) is 0 Å². The number of nitrogens with two attached hydrogens (primary N) is 1. The second-order valence-electron chi connectivity index (χ2n) is 4.21. The lowest BCUT2D eigenvalue weighted by molar-refractivity contribution is 0.0594. The number of benzene rings is 1. The predicted molar refractivity (Wildman–Crippen MR) is 74.4 cm³/mol. The highest BCUT2D eigenvalue weighted by molar-refractivity contribution is 5.88. The van der Waals surface area contributed by atoms with Crippen LogP contribution in [-0.2, 0) is 4.74 Å². The van der Waals surface area contributed by atoms with E-state index in [4.69, 9.17) is 5.73 Å². The molecular formula is C14H14FN3O2. The summed E-state index contributed by atoms with van der Waals surface area (Å²) in [6.07, 6.45) is 0. The minimum atomic E-state index is -0.567. The third-order valence-electron chi connectivity index (χ3n) is 2.76. The highest BCUT2D eigenvalue weighted by atomic mass is 19.1. The van der Waals surface area contributed by atoms with Crippen LogP contribution >= 0.6 is 0 Å². The van der Waals surface area contributed by atoms with Crippen LogP contribution in [0.2, 0.25) is 0 Å². The SMILES string of the molecule is COC(=O)c1ccc(N)c(Nc2ccc(C)c(F)c2)n1. The molecule has 2 aromatic rings. The number of ether oxygens (including phenoxy) is 1. The first-order chi connectivity index (χ1) is 9.51. The molecule has 1 heterocycles. The van der Waals surface area contributed by atoms with Crippen molar-refractivity contribution in [3.63, 3.8) is 0 Å². The zero-order valence-corrected chi connectivity index (χ0v) is 11.1. The van der Waals surface area contributed by atoms with E-state index in [1.807, 2.05) is 0 Å². The number of nitrogens with zero attached hydrogens (tertiary/aromatic N) is 1. The van der Waals surface area contributed by atoms with Gasteiger partial charge >= 0.3 is 5.97 Å². The summed E-state index contributed by atoms with van der Waals surface area (Å²) in [5.74, 6) is -0.628. The molecule has 6 heteroatoms. The topological polar surface area (TPSA) is 77.2 Å². The number of nitrogens with one attached hydrogen (secondary N) is 1. The Bertz CT molecular complexity index is 659. The Hall–Kier alpha value is -2.63. The van der Waals surface area contributed by atoms with Gasteiger partial charge in [0.15, 0.2) is 11.5 Å². The second kappa shape index (κ2) is 5.56. The first-order valence-electron chi connectivity index (χ1n) is 5.89. The highest BCUT2D eigenvalue weighted by Gasteiger charge is 2.11. The standard InChI is InChI=1S/C14H14FN3O2/c1-8-3-4-9(7-10(8)15)17-13-11(16)5-6-12(18-13)14(19)20-2/h3-7H,16H2,1-2H3,(H,17,18). The Morgan fingerprint density at radius 1 is 1.35 bits per heavy atom. The molecule has 104 valence electrons. The number of anilines is 3. The Labute approximate surface area is 115 Å². The van der Waals surface area contributed by atoms with Crippen molar-refractivity contribution in [1.29, 1.82) is 0 Å². The molecule has 0 fully saturated rings. The molecule has 0 aliphatic rings. The lowest BCUT2D eigenvalue weighted by Crippen LogP contribution is -2.08. The van der Waals surface area contributed by atoms with Gasteiger partial charge in [-0.05, 0) is 36.8 Å². The van der Waals surface area contributed by atoms with Crippen LogP contribution in [0.15, 0.2) is 30.3 Å². The molecule has 0 aliphatic heterocycles. The maximum absolute atomic E-state index is 13.5. The van der Waals surface area contributed by atoms with Gasteiger partial charge in [-0.1, -0.05) is 6.07 Å². The van der Waals surface area contributed by atoms with E-state index in [2.05, 4.69) is 15.0 Å². The molecule has 1 aromatic heterocycles. The van der Waals surface area contributed by atoms with E-state index in [1.165, 1.54) is 25.3 Å². The van der Waals surface area contributed by atoms with Gasteiger partial charge < -0.3 is 15.8 Å². The number of carbonyl (C=O) groups excluding carboxylic acids is 1. The fourth-order valence-electron chi connectivity index (χ4n) is 1.60. The molecule has 0 spiro atoms. The number of aromatic nitrogens is 1. The molecule has 0 saturated heterocycles. The summed E-state index contributed by atoms with van der Waals surface area (Å²) in [6, 6.07) is 7.66. The van der Waals surface area contributed by atoms with Crippen molar-refractivity contribution in [2.24, 2.45) is 0 Å². The number of hydrogen-bond donors (Lipinski definition) is 2. The molecule has 0 atom stereocenters. The van der Waals surface area contributed by atoms with Crippen molar-refractivity contribution >= 4 is 23.2 Å². The summed E-state index contributed by atoms with van der Waals surface area (Å²) < 4.78 is 18.1. The lowest BCUT2D eigenvalue weighted by atomic mass is 10.2. The predicted octanol–water partition coefficient (Wildman–Crippen LogP) is 2.64. The summed E-state index contributed by atoms with van der Waals surface area (Å²) in [4.78, 5) is 15.5. The molecular weight excluding hydrogens is 261 g/mol. The van der Waals surface area contributed by atoms with Gasteiger partial charge in [-0.15, -0.1) is 0 Å². The number of aryl methyl sites for hydroxylation is 1. The molecule has 0 bridgehead atoms. The van der Waals surface area contributed by atoms with Crippen molar-refractivity contribution in [2.45, 2.75) is 6.92 Å². The molecule has 5 nitrogen and oxygen atoms in total. The van der Waals surface area contributed by atoms with E-state index >= 15 is 0 Å². The maximum Gasteiger partial charge on any atom is 0.356 e. The Balaban J connectivity index is 2.32. The number of methoxy groups -OCH3 is 1. The maximum atomic E-state index is 13.5. The van der Waals surface area contributed by atoms with E-state index in [0.717, 1.165) is 0 Å². The molecule has 3 N–H and O–H groups in total.